The zero-order valence-corrected chi connectivity index (χ0v) is 21.7. The lowest BCUT2D eigenvalue weighted by molar-refractivity contribution is -0.127. The lowest BCUT2D eigenvalue weighted by atomic mass is 10.1. The van der Waals surface area contributed by atoms with Crippen molar-refractivity contribution >= 4 is 29.4 Å². The average Bonchev–Trinajstić information content (AvgIpc) is 3.54. The number of carbonyl (C=O) groups is 3. The molecule has 7 heteroatoms. The van der Waals surface area contributed by atoms with Crippen molar-refractivity contribution in [3.8, 4) is 0 Å². The number of Topliss-reactive ketones (excluding diaryl/α,β-unsaturated/α-hetero) is 1. The topological polar surface area (TPSA) is 68.6 Å². The van der Waals surface area contributed by atoms with Crippen molar-refractivity contribution in [3.63, 3.8) is 0 Å². The first kappa shape index (κ1) is 25.8. The smallest absolute Gasteiger partial charge is 0.339 e. The van der Waals surface area contributed by atoms with Crippen molar-refractivity contribution < 1.29 is 19.1 Å². The molecule has 0 unspecified atom stereocenters. The summed E-state index contributed by atoms with van der Waals surface area (Å²) < 4.78 is 7.55. The van der Waals surface area contributed by atoms with Gasteiger partial charge in [-0.15, -0.1) is 11.8 Å². The molecule has 0 radical (unpaired) electrons. The molecule has 1 fully saturated rings. The first-order valence-electron chi connectivity index (χ1n) is 12.3. The normalized spacial score (nSPS) is 13.1. The molecular weight excluding hydrogens is 472 g/mol. The van der Waals surface area contributed by atoms with Crippen LogP contribution in [0, 0.1) is 13.8 Å². The van der Waals surface area contributed by atoms with Gasteiger partial charge in [-0.25, -0.2) is 4.79 Å². The Labute approximate surface area is 216 Å². The number of carbonyl (C=O) groups excluding carboxylic acids is 3. The fraction of sp³-hybridized carbons (Fsp3) is 0.345. The van der Waals surface area contributed by atoms with Crippen molar-refractivity contribution in [2.75, 3.05) is 25.4 Å². The van der Waals surface area contributed by atoms with Gasteiger partial charge < -0.3 is 14.2 Å². The van der Waals surface area contributed by atoms with E-state index >= 15 is 0 Å². The van der Waals surface area contributed by atoms with E-state index in [1.54, 1.807) is 18.2 Å². The molecule has 1 amide bonds. The summed E-state index contributed by atoms with van der Waals surface area (Å²) in [5, 5.41) is 0. The number of esters is 1. The van der Waals surface area contributed by atoms with E-state index in [2.05, 4.69) is 16.7 Å². The highest BCUT2D eigenvalue weighted by molar-refractivity contribution is 8.00. The Morgan fingerprint density at radius 1 is 0.917 bits per heavy atom. The van der Waals surface area contributed by atoms with Crippen molar-refractivity contribution in [1.82, 2.24) is 9.47 Å². The Balaban J connectivity index is 1.35. The van der Waals surface area contributed by atoms with Crippen molar-refractivity contribution in [1.29, 1.82) is 0 Å². The van der Waals surface area contributed by atoms with Gasteiger partial charge in [0, 0.05) is 41.5 Å². The molecule has 1 aliphatic heterocycles. The molecule has 0 bridgehead atoms. The number of benzene rings is 2. The Hall–Kier alpha value is -3.32. The molecule has 6 nitrogen and oxygen atoms in total. The number of aromatic nitrogens is 1. The first-order valence-corrected chi connectivity index (χ1v) is 13.3. The van der Waals surface area contributed by atoms with E-state index in [0.717, 1.165) is 50.3 Å². The second-order valence-electron chi connectivity index (χ2n) is 9.04. The molecule has 188 valence electrons. The van der Waals surface area contributed by atoms with Crippen LogP contribution >= 0.6 is 11.8 Å². The van der Waals surface area contributed by atoms with Gasteiger partial charge in [0.15, 0.2) is 6.61 Å². The molecule has 0 aliphatic carbocycles. The molecule has 1 saturated heterocycles. The molecule has 3 aromatic rings. The Morgan fingerprint density at radius 2 is 1.61 bits per heavy atom. The second kappa shape index (κ2) is 12.1. The van der Waals surface area contributed by atoms with Crippen LogP contribution in [0.25, 0.3) is 0 Å². The molecule has 2 aromatic carbocycles. The number of likely N-dealkylation sites (tertiary alicyclic amines) is 1. The molecule has 1 aliphatic rings. The van der Waals surface area contributed by atoms with Crippen LogP contribution in [0.5, 0.6) is 0 Å². The summed E-state index contributed by atoms with van der Waals surface area (Å²) in [5.41, 5.74) is 4.07. The Morgan fingerprint density at radius 3 is 2.36 bits per heavy atom. The summed E-state index contributed by atoms with van der Waals surface area (Å²) in [5.74, 6) is -0.425. The zero-order chi connectivity index (χ0) is 25.5. The minimum Gasteiger partial charge on any atom is -0.454 e. The fourth-order valence-electron chi connectivity index (χ4n) is 4.56. The average molecular weight is 505 g/mol. The van der Waals surface area contributed by atoms with Crippen LogP contribution in [-0.4, -0.2) is 52.6 Å². The van der Waals surface area contributed by atoms with Crippen LogP contribution in [0.1, 0.15) is 50.5 Å². The molecule has 0 spiro atoms. The summed E-state index contributed by atoms with van der Waals surface area (Å²) in [7, 11) is 0. The summed E-state index contributed by atoms with van der Waals surface area (Å²) in [6, 6.07) is 19.2. The molecule has 1 aromatic heterocycles. The van der Waals surface area contributed by atoms with Crippen molar-refractivity contribution in [2.45, 2.75) is 44.6 Å². The van der Waals surface area contributed by atoms with Gasteiger partial charge in [0.2, 0.25) is 11.7 Å². The number of ether oxygens (including phenoxy) is 1. The van der Waals surface area contributed by atoms with Gasteiger partial charge in [-0.05, 0) is 56.9 Å². The SMILES string of the molecule is Cc1cc(C(=O)COC(=O)c2ccccc2SCC(=O)N2CCCC2)c(C)n1CCc1ccccc1. The van der Waals surface area contributed by atoms with E-state index in [9.17, 15) is 14.4 Å². The lowest BCUT2D eigenvalue weighted by Gasteiger charge is -2.15. The number of hydrogen-bond donors (Lipinski definition) is 0. The van der Waals surface area contributed by atoms with E-state index in [4.69, 9.17) is 4.74 Å². The number of rotatable bonds is 10. The number of thioether (sulfide) groups is 1. The van der Waals surface area contributed by atoms with Crippen molar-refractivity contribution in [2.24, 2.45) is 0 Å². The Kier molecular flexibility index (Phi) is 8.65. The first-order chi connectivity index (χ1) is 17.4. The maximum absolute atomic E-state index is 12.9. The number of amides is 1. The van der Waals surface area contributed by atoms with Crippen LogP contribution in [0.15, 0.2) is 65.6 Å². The Bertz CT molecular complexity index is 1230. The van der Waals surface area contributed by atoms with Crippen LogP contribution in [-0.2, 0) is 22.5 Å². The van der Waals surface area contributed by atoms with E-state index in [0.29, 0.717) is 16.0 Å². The van der Waals surface area contributed by atoms with Crippen LogP contribution in [0.3, 0.4) is 0 Å². The predicted octanol–water partition coefficient (Wildman–Crippen LogP) is 5.10. The summed E-state index contributed by atoms with van der Waals surface area (Å²) in [6.45, 7) is 5.97. The summed E-state index contributed by atoms with van der Waals surface area (Å²) in [4.78, 5) is 40.7. The van der Waals surface area contributed by atoms with E-state index in [1.807, 2.05) is 49.1 Å². The highest BCUT2D eigenvalue weighted by atomic mass is 32.2. The minimum atomic E-state index is -0.557. The third kappa shape index (κ3) is 6.26. The highest BCUT2D eigenvalue weighted by Crippen LogP contribution is 2.25. The van der Waals surface area contributed by atoms with E-state index in [-0.39, 0.29) is 24.1 Å². The quantitative estimate of drug-likeness (QED) is 0.218. The summed E-state index contributed by atoms with van der Waals surface area (Å²) >= 11 is 1.33. The van der Waals surface area contributed by atoms with Crippen LogP contribution in [0.4, 0.5) is 0 Å². The number of hydrogen-bond acceptors (Lipinski definition) is 5. The maximum atomic E-state index is 12.9. The van der Waals surface area contributed by atoms with Crippen molar-refractivity contribution in [3.05, 3.63) is 88.7 Å². The molecule has 36 heavy (non-hydrogen) atoms. The molecule has 0 atom stereocenters. The van der Waals surface area contributed by atoms with E-state index in [1.165, 1.54) is 17.3 Å². The van der Waals surface area contributed by atoms with Gasteiger partial charge in [0.25, 0.3) is 0 Å². The molecule has 0 saturated carbocycles. The lowest BCUT2D eigenvalue weighted by Crippen LogP contribution is -2.29. The fourth-order valence-corrected chi connectivity index (χ4v) is 5.50. The van der Waals surface area contributed by atoms with Crippen LogP contribution in [0.2, 0.25) is 0 Å². The third-order valence-corrected chi connectivity index (χ3v) is 7.65. The molecule has 0 N–H and O–H groups in total. The molecule has 2 heterocycles. The largest absolute Gasteiger partial charge is 0.454 e. The minimum absolute atomic E-state index is 0.0819. The monoisotopic (exact) mass is 504 g/mol. The standard InChI is InChI=1S/C29H32N2O4S/c1-21-18-25(22(2)31(21)17-14-23-10-4-3-5-11-23)26(32)19-35-29(34)24-12-6-7-13-27(24)36-20-28(33)30-15-8-9-16-30/h3-7,10-13,18H,8-9,14-17,19-20H2,1-2H3. The molecular formula is C29H32N2O4S. The van der Waals surface area contributed by atoms with Gasteiger partial charge in [-0.3, -0.25) is 9.59 Å². The van der Waals surface area contributed by atoms with E-state index < -0.39 is 5.97 Å². The number of ketones is 1. The summed E-state index contributed by atoms with van der Waals surface area (Å²) in [6.07, 6.45) is 2.96. The van der Waals surface area contributed by atoms with Gasteiger partial charge in [-0.2, -0.15) is 0 Å². The third-order valence-electron chi connectivity index (χ3n) is 6.59. The number of aryl methyl sites for hydroxylation is 2. The van der Waals surface area contributed by atoms with Gasteiger partial charge >= 0.3 is 5.97 Å². The molecule has 4 rings (SSSR count). The van der Waals surface area contributed by atoms with Gasteiger partial charge in [0.05, 0.1) is 11.3 Å². The number of nitrogens with zero attached hydrogens (tertiary/aromatic N) is 2. The maximum Gasteiger partial charge on any atom is 0.339 e. The second-order valence-corrected chi connectivity index (χ2v) is 10.1. The van der Waals surface area contributed by atoms with Gasteiger partial charge in [-0.1, -0.05) is 42.5 Å². The van der Waals surface area contributed by atoms with Crippen LogP contribution < -0.4 is 0 Å². The van der Waals surface area contributed by atoms with Gasteiger partial charge in [0.1, 0.15) is 0 Å². The zero-order valence-electron chi connectivity index (χ0n) is 20.9. The predicted molar refractivity (Wildman–Crippen MR) is 142 cm³/mol. The highest BCUT2D eigenvalue weighted by Gasteiger charge is 2.21.